The maximum Gasteiger partial charge on any atom is 0.135 e. The van der Waals surface area contributed by atoms with Gasteiger partial charge in [-0.05, 0) is 18.6 Å². The van der Waals surface area contributed by atoms with Crippen molar-refractivity contribution < 1.29 is 9.90 Å². The molecule has 1 aromatic rings. The van der Waals surface area contributed by atoms with Crippen molar-refractivity contribution in [3.8, 4) is 5.75 Å². The molecule has 2 nitrogen and oxygen atoms in total. The van der Waals surface area contributed by atoms with Crippen LogP contribution < -0.4 is 0 Å². The summed E-state index contributed by atoms with van der Waals surface area (Å²) in [5, 5.41) is 8.63. The Hall–Kier alpha value is -1.31. The summed E-state index contributed by atoms with van der Waals surface area (Å²) in [6.07, 6.45) is 1.73. The van der Waals surface area contributed by atoms with Crippen molar-refractivity contribution in [1.82, 2.24) is 0 Å². The predicted molar refractivity (Wildman–Crippen MR) is 74.2 cm³/mol. The Bertz CT molecular complexity index is 266. The largest absolute Gasteiger partial charge is 0.508 e. The summed E-state index contributed by atoms with van der Waals surface area (Å²) in [7, 11) is 0. The van der Waals surface area contributed by atoms with E-state index in [4.69, 9.17) is 5.11 Å². The number of phenols is 1. The van der Waals surface area contributed by atoms with E-state index in [9.17, 15) is 4.79 Å². The van der Waals surface area contributed by atoms with Crippen molar-refractivity contribution >= 4 is 5.78 Å². The number of Topliss-reactive ketones (excluding diaryl/α,β-unsaturated/α-hetero) is 1. The highest BCUT2D eigenvalue weighted by atomic mass is 16.3. The highest BCUT2D eigenvalue weighted by molar-refractivity contribution is 5.80. The molecular formula is C15H26O2. The zero-order valence-electron chi connectivity index (χ0n) is 11.7. The minimum absolute atomic E-state index is 0.231. The molecular weight excluding hydrogens is 212 g/mol. The monoisotopic (exact) mass is 238 g/mol. The van der Waals surface area contributed by atoms with Crippen LogP contribution in [0, 0.1) is 5.92 Å². The predicted octanol–water partition coefficient (Wildman–Crippen LogP) is 4.43. The van der Waals surface area contributed by atoms with E-state index in [0.29, 0.717) is 11.5 Å². The Labute approximate surface area is 106 Å². The third-order valence-corrected chi connectivity index (χ3v) is 1.90. The number of carbonyl (C=O) groups excluding carboxylic acids is 1. The summed E-state index contributed by atoms with van der Waals surface area (Å²) in [5.41, 5.74) is 0. The molecule has 0 aliphatic rings. The Morgan fingerprint density at radius 2 is 1.65 bits per heavy atom. The number of ketones is 1. The molecule has 0 amide bonds. The minimum Gasteiger partial charge on any atom is -0.508 e. The van der Waals surface area contributed by atoms with Crippen LogP contribution in [0.1, 0.15) is 47.5 Å². The van der Waals surface area contributed by atoms with Gasteiger partial charge in [0.05, 0.1) is 0 Å². The van der Waals surface area contributed by atoms with Crippen LogP contribution in [0.5, 0.6) is 5.75 Å². The third-order valence-electron chi connectivity index (χ3n) is 1.90. The number of benzene rings is 1. The molecule has 0 fully saturated rings. The molecule has 0 saturated heterocycles. The van der Waals surface area contributed by atoms with E-state index in [1.807, 2.05) is 40.7 Å². The van der Waals surface area contributed by atoms with Crippen LogP contribution in [0.2, 0.25) is 0 Å². The van der Waals surface area contributed by atoms with Gasteiger partial charge in [-0.15, -0.1) is 0 Å². The lowest BCUT2D eigenvalue weighted by molar-refractivity contribution is -0.121. The van der Waals surface area contributed by atoms with Crippen molar-refractivity contribution in [2.75, 3.05) is 0 Å². The summed E-state index contributed by atoms with van der Waals surface area (Å²) < 4.78 is 0. The Balaban J connectivity index is 0. The van der Waals surface area contributed by atoms with Gasteiger partial charge in [0.15, 0.2) is 0 Å². The second-order valence-corrected chi connectivity index (χ2v) is 3.71. The molecule has 1 rings (SSSR count). The number of aromatic hydroxyl groups is 1. The van der Waals surface area contributed by atoms with Crippen LogP contribution in [-0.2, 0) is 4.79 Å². The molecule has 0 saturated carbocycles. The number of hydrogen-bond acceptors (Lipinski definition) is 2. The van der Waals surface area contributed by atoms with Crippen LogP contribution in [0.3, 0.4) is 0 Å². The highest BCUT2D eigenvalue weighted by Gasteiger charge is 2.03. The fraction of sp³-hybridized carbons (Fsp3) is 0.533. The van der Waals surface area contributed by atoms with E-state index >= 15 is 0 Å². The topological polar surface area (TPSA) is 37.3 Å². The molecule has 17 heavy (non-hydrogen) atoms. The number of carbonyl (C=O) groups is 1. The van der Waals surface area contributed by atoms with Crippen LogP contribution >= 0.6 is 0 Å². The molecule has 0 radical (unpaired) electrons. The SMILES string of the molecule is CC.CCCC(=O)C(C)C.Oc1ccccc1. The highest BCUT2D eigenvalue weighted by Crippen LogP contribution is 2.02. The van der Waals surface area contributed by atoms with Crippen LogP contribution in [-0.4, -0.2) is 10.9 Å². The van der Waals surface area contributed by atoms with Gasteiger partial charge in [-0.2, -0.15) is 0 Å². The summed E-state index contributed by atoms with van der Waals surface area (Å²) in [5.74, 6) is 0.935. The summed E-state index contributed by atoms with van der Waals surface area (Å²) in [6.45, 7) is 9.91. The zero-order chi connectivity index (χ0) is 13.7. The first-order valence-electron chi connectivity index (χ1n) is 6.34. The first kappa shape index (κ1) is 18.1. The van der Waals surface area contributed by atoms with Gasteiger partial charge >= 0.3 is 0 Å². The fourth-order valence-electron chi connectivity index (χ4n) is 0.963. The zero-order valence-corrected chi connectivity index (χ0v) is 11.7. The van der Waals surface area contributed by atoms with E-state index in [0.717, 1.165) is 12.8 Å². The van der Waals surface area contributed by atoms with E-state index in [1.165, 1.54) is 0 Å². The van der Waals surface area contributed by atoms with Crippen LogP contribution in [0.4, 0.5) is 0 Å². The second-order valence-electron chi connectivity index (χ2n) is 3.71. The molecule has 0 unspecified atom stereocenters. The number of phenolic OH excluding ortho intramolecular Hbond substituents is 1. The average Bonchev–Trinajstić information content (AvgIpc) is 2.33. The van der Waals surface area contributed by atoms with Crippen molar-refractivity contribution in [2.45, 2.75) is 47.5 Å². The molecule has 0 spiro atoms. The Kier molecular flexibility index (Phi) is 13.6. The lowest BCUT2D eigenvalue weighted by Crippen LogP contribution is -2.04. The smallest absolute Gasteiger partial charge is 0.135 e. The molecule has 0 aliphatic carbocycles. The first-order chi connectivity index (χ1) is 8.07. The number of para-hydroxylation sites is 1. The fourth-order valence-corrected chi connectivity index (χ4v) is 0.963. The standard InChI is InChI=1S/C7H14O.C6H6O.C2H6/c1-4-5-7(8)6(2)3;7-6-4-2-1-3-5-6;1-2/h6H,4-5H2,1-3H3;1-5,7H;1-2H3. The quantitative estimate of drug-likeness (QED) is 0.845. The normalized spacial score (nSPS) is 8.59. The van der Waals surface area contributed by atoms with Gasteiger partial charge < -0.3 is 5.11 Å². The minimum atomic E-state index is 0.231. The van der Waals surface area contributed by atoms with Crippen LogP contribution in [0.25, 0.3) is 0 Å². The number of rotatable bonds is 3. The molecule has 0 bridgehead atoms. The molecule has 0 aromatic heterocycles. The lowest BCUT2D eigenvalue weighted by Gasteiger charge is -1.98. The van der Waals surface area contributed by atoms with Gasteiger partial charge in [-0.1, -0.05) is 52.8 Å². The Morgan fingerprint density at radius 3 is 1.82 bits per heavy atom. The first-order valence-corrected chi connectivity index (χ1v) is 6.34. The van der Waals surface area contributed by atoms with Gasteiger partial charge in [0, 0.05) is 12.3 Å². The van der Waals surface area contributed by atoms with E-state index in [1.54, 1.807) is 24.3 Å². The van der Waals surface area contributed by atoms with Gasteiger partial charge in [-0.3, -0.25) is 4.79 Å². The van der Waals surface area contributed by atoms with Crippen molar-refractivity contribution in [2.24, 2.45) is 5.92 Å². The van der Waals surface area contributed by atoms with Gasteiger partial charge in [0.1, 0.15) is 11.5 Å². The third kappa shape index (κ3) is 12.6. The molecule has 0 aliphatic heterocycles. The molecule has 2 heteroatoms. The maximum absolute atomic E-state index is 10.7. The van der Waals surface area contributed by atoms with Crippen molar-refractivity contribution in [3.05, 3.63) is 30.3 Å². The van der Waals surface area contributed by atoms with Crippen LogP contribution in [0.15, 0.2) is 30.3 Å². The van der Waals surface area contributed by atoms with Gasteiger partial charge in [-0.25, -0.2) is 0 Å². The van der Waals surface area contributed by atoms with Gasteiger partial charge in [0.25, 0.3) is 0 Å². The van der Waals surface area contributed by atoms with Gasteiger partial charge in [0.2, 0.25) is 0 Å². The summed E-state index contributed by atoms with van der Waals surface area (Å²) in [6, 6.07) is 8.71. The molecule has 0 atom stereocenters. The molecule has 0 heterocycles. The van der Waals surface area contributed by atoms with Crippen molar-refractivity contribution in [1.29, 1.82) is 0 Å². The summed E-state index contributed by atoms with van der Waals surface area (Å²) in [4.78, 5) is 10.7. The lowest BCUT2D eigenvalue weighted by atomic mass is 10.1. The average molecular weight is 238 g/mol. The second kappa shape index (κ2) is 12.8. The molecule has 1 aromatic carbocycles. The number of hydrogen-bond donors (Lipinski definition) is 1. The molecule has 1 N–H and O–H groups in total. The maximum atomic E-state index is 10.7. The Morgan fingerprint density at radius 1 is 1.18 bits per heavy atom. The van der Waals surface area contributed by atoms with E-state index in [-0.39, 0.29) is 5.92 Å². The van der Waals surface area contributed by atoms with E-state index < -0.39 is 0 Å². The summed E-state index contributed by atoms with van der Waals surface area (Å²) >= 11 is 0. The van der Waals surface area contributed by atoms with E-state index in [2.05, 4.69) is 0 Å². The van der Waals surface area contributed by atoms with Crippen molar-refractivity contribution in [3.63, 3.8) is 0 Å². The molecule has 98 valence electrons.